The van der Waals surface area contributed by atoms with Gasteiger partial charge in [-0.2, -0.15) is 0 Å². The van der Waals surface area contributed by atoms with Crippen molar-refractivity contribution in [2.45, 2.75) is 20.0 Å². The molecule has 0 saturated carbocycles. The summed E-state index contributed by atoms with van der Waals surface area (Å²) in [6.07, 6.45) is 0.384. The second-order valence-corrected chi connectivity index (χ2v) is 2.82. The molecule has 0 aromatic heterocycles. The maximum Gasteiger partial charge on any atom is 0.307 e. The molecule has 0 atom stereocenters. The molecule has 1 rings (SSSR count). The molecule has 76 valence electrons. The van der Waals surface area contributed by atoms with Crippen LogP contribution in [0.3, 0.4) is 0 Å². The predicted molar refractivity (Wildman–Crippen MR) is 52.5 cm³/mol. The van der Waals surface area contributed by atoms with E-state index < -0.39 is 0 Å². The van der Waals surface area contributed by atoms with Crippen molar-refractivity contribution in [1.29, 1.82) is 0 Å². The van der Waals surface area contributed by atoms with Gasteiger partial charge in [-0.15, -0.1) is 0 Å². The van der Waals surface area contributed by atoms with Gasteiger partial charge < -0.3 is 9.47 Å². The van der Waals surface area contributed by atoms with Crippen molar-refractivity contribution in [3.63, 3.8) is 0 Å². The van der Waals surface area contributed by atoms with Gasteiger partial charge in [-0.05, 0) is 5.56 Å². The van der Waals surface area contributed by atoms with Gasteiger partial charge in [-0.25, -0.2) is 0 Å². The van der Waals surface area contributed by atoms with Crippen LogP contribution in [-0.2, 0) is 20.9 Å². The van der Waals surface area contributed by atoms with E-state index in [9.17, 15) is 4.79 Å². The lowest BCUT2D eigenvalue weighted by Gasteiger charge is -2.04. The number of esters is 1. The van der Waals surface area contributed by atoms with Gasteiger partial charge in [0.05, 0.1) is 6.61 Å². The maximum absolute atomic E-state index is 10.7. The van der Waals surface area contributed by atoms with Crippen LogP contribution in [-0.4, -0.2) is 12.8 Å². The van der Waals surface area contributed by atoms with Gasteiger partial charge in [0.25, 0.3) is 0 Å². The molecule has 0 unspecified atom stereocenters. The lowest BCUT2D eigenvalue weighted by atomic mass is 10.2. The first kappa shape index (κ1) is 10.7. The summed E-state index contributed by atoms with van der Waals surface area (Å²) in [5, 5.41) is 0. The molecule has 0 bridgehead atoms. The third-order valence-electron chi connectivity index (χ3n) is 1.70. The smallest absolute Gasteiger partial charge is 0.307 e. The van der Waals surface area contributed by atoms with E-state index in [2.05, 4.69) is 0 Å². The second-order valence-electron chi connectivity index (χ2n) is 2.82. The van der Waals surface area contributed by atoms with E-state index in [4.69, 9.17) is 9.47 Å². The van der Waals surface area contributed by atoms with Crippen LogP contribution < -0.4 is 0 Å². The molecule has 3 heteroatoms. The first-order chi connectivity index (χ1) is 6.83. The Hall–Kier alpha value is -1.35. The lowest BCUT2D eigenvalue weighted by molar-refractivity contribution is -0.156. The molecule has 0 spiro atoms. The fraction of sp³-hybridized carbons (Fsp3) is 0.364. The largest absolute Gasteiger partial charge is 0.438 e. The lowest BCUT2D eigenvalue weighted by Crippen LogP contribution is -2.06. The number of hydrogen-bond acceptors (Lipinski definition) is 3. The minimum Gasteiger partial charge on any atom is -0.438 e. The third kappa shape index (κ3) is 4.05. The number of rotatable bonds is 5. The standard InChI is InChI=1S/C11H14O3/c1-2-11(12)14-9-13-8-10-6-4-3-5-7-10/h3-7H,2,8-9H2,1H3. The number of carbonyl (C=O) groups is 1. The monoisotopic (exact) mass is 194 g/mol. The Balaban J connectivity index is 2.13. The van der Waals surface area contributed by atoms with Crippen LogP contribution in [0.2, 0.25) is 0 Å². The summed E-state index contributed by atoms with van der Waals surface area (Å²) >= 11 is 0. The van der Waals surface area contributed by atoms with Crippen molar-refractivity contribution >= 4 is 5.97 Å². The average molecular weight is 194 g/mol. The average Bonchev–Trinajstić information content (AvgIpc) is 2.25. The highest BCUT2D eigenvalue weighted by atomic mass is 16.7. The fourth-order valence-corrected chi connectivity index (χ4v) is 0.943. The summed E-state index contributed by atoms with van der Waals surface area (Å²) in [7, 11) is 0. The highest BCUT2D eigenvalue weighted by Crippen LogP contribution is 2.00. The zero-order valence-electron chi connectivity index (χ0n) is 8.23. The quantitative estimate of drug-likeness (QED) is 0.409. The van der Waals surface area contributed by atoms with Crippen LogP contribution in [0, 0.1) is 0 Å². The number of ether oxygens (including phenoxy) is 2. The molecule has 0 amide bonds. The van der Waals surface area contributed by atoms with Gasteiger partial charge >= 0.3 is 5.97 Å². The first-order valence-corrected chi connectivity index (χ1v) is 4.60. The summed E-state index contributed by atoms with van der Waals surface area (Å²) in [6.45, 7) is 2.25. The van der Waals surface area contributed by atoms with Crippen molar-refractivity contribution in [2.24, 2.45) is 0 Å². The molecule has 0 fully saturated rings. The normalized spacial score (nSPS) is 9.79. The molecule has 3 nitrogen and oxygen atoms in total. The summed E-state index contributed by atoms with van der Waals surface area (Å²) in [5.41, 5.74) is 1.07. The van der Waals surface area contributed by atoms with E-state index in [1.165, 1.54) is 0 Å². The Morgan fingerprint density at radius 2 is 2.00 bits per heavy atom. The highest BCUT2D eigenvalue weighted by Gasteiger charge is 1.97. The van der Waals surface area contributed by atoms with Gasteiger partial charge in [0.2, 0.25) is 0 Å². The van der Waals surface area contributed by atoms with Crippen LogP contribution in [0.25, 0.3) is 0 Å². The van der Waals surface area contributed by atoms with E-state index in [0.29, 0.717) is 13.0 Å². The molecular formula is C11H14O3. The van der Waals surface area contributed by atoms with Crippen LogP contribution >= 0.6 is 0 Å². The molecule has 0 heterocycles. The third-order valence-corrected chi connectivity index (χ3v) is 1.70. The highest BCUT2D eigenvalue weighted by molar-refractivity contribution is 5.68. The molecule has 0 aliphatic rings. The summed E-state index contributed by atoms with van der Waals surface area (Å²) in [5.74, 6) is -0.238. The number of benzene rings is 1. The van der Waals surface area contributed by atoms with E-state index in [-0.39, 0.29) is 12.8 Å². The molecule has 14 heavy (non-hydrogen) atoms. The van der Waals surface area contributed by atoms with Crippen LogP contribution in [0.4, 0.5) is 0 Å². The molecule has 1 aromatic carbocycles. The van der Waals surface area contributed by atoms with Crippen LogP contribution in [0.5, 0.6) is 0 Å². The topological polar surface area (TPSA) is 35.5 Å². The van der Waals surface area contributed by atoms with Gasteiger partial charge in [0.1, 0.15) is 0 Å². The van der Waals surface area contributed by atoms with Crippen LogP contribution in [0.1, 0.15) is 18.9 Å². The van der Waals surface area contributed by atoms with Crippen molar-refractivity contribution in [2.75, 3.05) is 6.79 Å². The van der Waals surface area contributed by atoms with Gasteiger partial charge in [0, 0.05) is 6.42 Å². The summed E-state index contributed by atoms with van der Waals surface area (Å²) in [6, 6.07) is 9.75. The molecule has 0 N–H and O–H groups in total. The SMILES string of the molecule is CCC(=O)OCOCc1ccccc1. The Morgan fingerprint density at radius 1 is 1.29 bits per heavy atom. The van der Waals surface area contributed by atoms with Crippen molar-refractivity contribution in [3.05, 3.63) is 35.9 Å². The van der Waals surface area contributed by atoms with E-state index >= 15 is 0 Å². The molecular weight excluding hydrogens is 180 g/mol. The molecule has 0 radical (unpaired) electrons. The van der Waals surface area contributed by atoms with E-state index in [0.717, 1.165) is 5.56 Å². The Bertz CT molecular complexity index is 269. The summed E-state index contributed by atoms with van der Waals surface area (Å²) < 4.78 is 9.90. The Morgan fingerprint density at radius 3 is 2.64 bits per heavy atom. The minimum absolute atomic E-state index is 0.0293. The Kier molecular flexibility index (Phi) is 4.72. The zero-order chi connectivity index (χ0) is 10.2. The number of carbonyl (C=O) groups excluding carboxylic acids is 1. The number of hydrogen-bond donors (Lipinski definition) is 0. The fourth-order valence-electron chi connectivity index (χ4n) is 0.943. The van der Waals surface area contributed by atoms with Crippen molar-refractivity contribution in [3.8, 4) is 0 Å². The molecule has 0 aliphatic carbocycles. The van der Waals surface area contributed by atoms with Crippen molar-refractivity contribution in [1.82, 2.24) is 0 Å². The van der Waals surface area contributed by atoms with Gasteiger partial charge in [-0.1, -0.05) is 37.3 Å². The van der Waals surface area contributed by atoms with Crippen molar-refractivity contribution < 1.29 is 14.3 Å². The second kappa shape index (κ2) is 6.16. The predicted octanol–water partition coefficient (Wildman–Crippen LogP) is 2.11. The maximum atomic E-state index is 10.7. The molecule has 1 aromatic rings. The summed E-state index contributed by atoms with van der Waals surface area (Å²) in [4.78, 5) is 10.7. The van der Waals surface area contributed by atoms with Gasteiger partial charge in [0.15, 0.2) is 6.79 Å². The van der Waals surface area contributed by atoms with Crippen LogP contribution in [0.15, 0.2) is 30.3 Å². The van der Waals surface area contributed by atoms with E-state index in [1.54, 1.807) is 6.92 Å². The minimum atomic E-state index is -0.238. The van der Waals surface area contributed by atoms with Gasteiger partial charge in [-0.3, -0.25) is 4.79 Å². The van der Waals surface area contributed by atoms with E-state index in [1.807, 2.05) is 30.3 Å². The first-order valence-electron chi connectivity index (χ1n) is 4.60. The Labute approximate surface area is 83.6 Å². The molecule has 0 aliphatic heterocycles. The zero-order valence-corrected chi connectivity index (χ0v) is 8.23. The molecule has 0 saturated heterocycles.